The van der Waals surface area contributed by atoms with Gasteiger partial charge in [-0.2, -0.15) is 0 Å². The average Bonchev–Trinajstić information content (AvgIpc) is 2.10. The number of benzene rings is 1. The quantitative estimate of drug-likeness (QED) is 0.393. The SMILES string of the molecule is COc1cc(/C=N/O)c(I)cc1C. The zero-order chi connectivity index (χ0) is 9.84. The van der Waals surface area contributed by atoms with Crippen molar-refractivity contribution in [2.45, 2.75) is 6.92 Å². The largest absolute Gasteiger partial charge is 0.496 e. The van der Waals surface area contributed by atoms with Gasteiger partial charge in [0.15, 0.2) is 0 Å². The summed E-state index contributed by atoms with van der Waals surface area (Å²) in [5, 5.41) is 11.4. The van der Waals surface area contributed by atoms with E-state index in [0.29, 0.717) is 0 Å². The smallest absolute Gasteiger partial charge is 0.122 e. The molecule has 0 atom stereocenters. The summed E-state index contributed by atoms with van der Waals surface area (Å²) in [5.41, 5.74) is 1.92. The third-order valence-corrected chi connectivity index (χ3v) is 2.65. The topological polar surface area (TPSA) is 41.8 Å². The highest BCUT2D eigenvalue weighted by Gasteiger charge is 2.03. The molecule has 1 N–H and O–H groups in total. The van der Waals surface area contributed by atoms with Crippen LogP contribution in [0, 0.1) is 10.5 Å². The molecule has 0 saturated carbocycles. The van der Waals surface area contributed by atoms with Crippen LogP contribution in [0.1, 0.15) is 11.1 Å². The second-order valence-corrected chi connectivity index (χ2v) is 3.75. The molecule has 0 fully saturated rings. The average molecular weight is 291 g/mol. The predicted octanol–water partition coefficient (Wildman–Crippen LogP) is 2.42. The summed E-state index contributed by atoms with van der Waals surface area (Å²) in [6, 6.07) is 3.83. The Morgan fingerprint density at radius 1 is 1.54 bits per heavy atom. The van der Waals surface area contributed by atoms with Gasteiger partial charge in [-0.1, -0.05) is 5.16 Å². The first-order valence-corrected chi connectivity index (χ1v) is 4.78. The van der Waals surface area contributed by atoms with Crippen molar-refractivity contribution < 1.29 is 9.94 Å². The molecule has 3 nitrogen and oxygen atoms in total. The number of ether oxygens (including phenoxy) is 1. The Balaban J connectivity index is 3.22. The van der Waals surface area contributed by atoms with E-state index in [9.17, 15) is 0 Å². The fraction of sp³-hybridized carbons (Fsp3) is 0.222. The van der Waals surface area contributed by atoms with Gasteiger partial charge in [0.05, 0.1) is 13.3 Å². The minimum Gasteiger partial charge on any atom is -0.496 e. The molecule has 0 aliphatic carbocycles. The van der Waals surface area contributed by atoms with Crippen LogP contribution in [0.3, 0.4) is 0 Å². The number of hydrogen-bond acceptors (Lipinski definition) is 3. The highest BCUT2D eigenvalue weighted by molar-refractivity contribution is 14.1. The van der Waals surface area contributed by atoms with Crippen molar-refractivity contribution in [1.29, 1.82) is 0 Å². The molecule has 0 aliphatic heterocycles. The normalized spacial score (nSPS) is 10.7. The van der Waals surface area contributed by atoms with Crippen molar-refractivity contribution in [3.05, 3.63) is 26.8 Å². The molecule has 0 amide bonds. The van der Waals surface area contributed by atoms with Crippen molar-refractivity contribution in [2.75, 3.05) is 7.11 Å². The monoisotopic (exact) mass is 291 g/mol. The van der Waals surface area contributed by atoms with Crippen molar-refractivity contribution in [3.63, 3.8) is 0 Å². The fourth-order valence-electron chi connectivity index (χ4n) is 1.05. The lowest BCUT2D eigenvalue weighted by Gasteiger charge is -2.06. The third kappa shape index (κ3) is 2.33. The maximum absolute atomic E-state index is 8.40. The number of methoxy groups -OCH3 is 1. The lowest BCUT2D eigenvalue weighted by molar-refractivity contribution is 0.322. The molecule has 1 aromatic rings. The molecule has 0 saturated heterocycles. The van der Waals surface area contributed by atoms with E-state index < -0.39 is 0 Å². The standard InChI is InChI=1S/C9H10INO2/c1-6-3-8(10)7(5-11-12)4-9(6)13-2/h3-5,12H,1-2H3/b11-5+. The van der Waals surface area contributed by atoms with Crippen LogP contribution in [0.25, 0.3) is 0 Å². The molecule has 0 radical (unpaired) electrons. The molecule has 70 valence electrons. The van der Waals surface area contributed by atoms with E-state index in [1.807, 2.05) is 19.1 Å². The van der Waals surface area contributed by atoms with Crippen LogP contribution in [0.5, 0.6) is 5.75 Å². The van der Waals surface area contributed by atoms with Gasteiger partial charge in [0.2, 0.25) is 0 Å². The van der Waals surface area contributed by atoms with Crippen molar-refractivity contribution in [1.82, 2.24) is 0 Å². The van der Waals surface area contributed by atoms with Gasteiger partial charge < -0.3 is 9.94 Å². The molecular weight excluding hydrogens is 281 g/mol. The number of rotatable bonds is 2. The van der Waals surface area contributed by atoms with Crippen LogP contribution in [-0.2, 0) is 0 Å². The maximum Gasteiger partial charge on any atom is 0.122 e. The highest BCUT2D eigenvalue weighted by atomic mass is 127. The van der Waals surface area contributed by atoms with Gasteiger partial charge in [0.25, 0.3) is 0 Å². The van der Waals surface area contributed by atoms with Crippen LogP contribution in [0.2, 0.25) is 0 Å². The van der Waals surface area contributed by atoms with Gasteiger partial charge in [-0.3, -0.25) is 0 Å². The second kappa shape index (κ2) is 4.45. The van der Waals surface area contributed by atoms with Gasteiger partial charge in [0, 0.05) is 9.13 Å². The predicted molar refractivity (Wildman–Crippen MR) is 59.8 cm³/mol. The van der Waals surface area contributed by atoms with E-state index in [0.717, 1.165) is 20.4 Å². The van der Waals surface area contributed by atoms with E-state index in [2.05, 4.69) is 27.7 Å². The van der Waals surface area contributed by atoms with E-state index in [1.165, 1.54) is 6.21 Å². The molecule has 4 heteroatoms. The molecule has 0 heterocycles. The number of aryl methyl sites for hydroxylation is 1. The number of oxime groups is 1. The summed E-state index contributed by atoms with van der Waals surface area (Å²) in [7, 11) is 1.62. The lowest BCUT2D eigenvalue weighted by atomic mass is 10.1. The first-order valence-electron chi connectivity index (χ1n) is 3.70. The van der Waals surface area contributed by atoms with Crippen LogP contribution in [0.15, 0.2) is 17.3 Å². The second-order valence-electron chi connectivity index (χ2n) is 2.59. The number of hydrogen-bond donors (Lipinski definition) is 1. The molecule has 0 unspecified atom stereocenters. The van der Waals surface area contributed by atoms with Crippen LogP contribution in [-0.4, -0.2) is 18.5 Å². The van der Waals surface area contributed by atoms with E-state index in [1.54, 1.807) is 7.11 Å². The lowest BCUT2D eigenvalue weighted by Crippen LogP contribution is -1.93. The maximum atomic E-state index is 8.40. The number of halogens is 1. The Hall–Kier alpha value is -0.780. The van der Waals surface area contributed by atoms with E-state index in [4.69, 9.17) is 9.94 Å². The van der Waals surface area contributed by atoms with E-state index >= 15 is 0 Å². The molecule has 0 aromatic heterocycles. The highest BCUT2D eigenvalue weighted by Crippen LogP contribution is 2.22. The molecule has 0 bridgehead atoms. The molecule has 1 aromatic carbocycles. The molecule has 0 aliphatic rings. The first kappa shape index (κ1) is 10.3. The Morgan fingerprint density at radius 2 is 2.23 bits per heavy atom. The summed E-state index contributed by atoms with van der Waals surface area (Å²) in [6.45, 7) is 1.97. The summed E-state index contributed by atoms with van der Waals surface area (Å²) in [6.07, 6.45) is 1.39. The van der Waals surface area contributed by atoms with Gasteiger partial charge in [0.1, 0.15) is 5.75 Å². The summed E-state index contributed by atoms with van der Waals surface area (Å²) >= 11 is 2.18. The summed E-state index contributed by atoms with van der Waals surface area (Å²) in [5.74, 6) is 0.801. The first-order chi connectivity index (χ1) is 6.19. The van der Waals surface area contributed by atoms with E-state index in [-0.39, 0.29) is 0 Å². The Bertz CT molecular complexity index is 337. The van der Waals surface area contributed by atoms with Crippen molar-refractivity contribution in [3.8, 4) is 5.75 Å². The fourth-order valence-corrected chi connectivity index (χ4v) is 1.81. The van der Waals surface area contributed by atoms with Gasteiger partial charge in [-0.25, -0.2) is 0 Å². The zero-order valence-electron chi connectivity index (χ0n) is 7.41. The number of nitrogens with zero attached hydrogens (tertiary/aromatic N) is 1. The minimum absolute atomic E-state index is 0.801. The minimum atomic E-state index is 0.801. The van der Waals surface area contributed by atoms with Crippen LogP contribution >= 0.6 is 22.6 Å². The zero-order valence-corrected chi connectivity index (χ0v) is 9.57. The van der Waals surface area contributed by atoms with Crippen molar-refractivity contribution in [2.24, 2.45) is 5.16 Å². The Kier molecular flexibility index (Phi) is 3.53. The van der Waals surface area contributed by atoms with Gasteiger partial charge in [-0.15, -0.1) is 0 Å². The Morgan fingerprint density at radius 3 is 2.77 bits per heavy atom. The summed E-state index contributed by atoms with van der Waals surface area (Å²) in [4.78, 5) is 0. The van der Waals surface area contributed by atoms with Gasteiger partial charge >= 0.3 is 0 Å². The van der Waals surface area contributed by atoms with Crippen LogP contribution in [0.4, 0.5) is 0 Å². The van der Waals surface area contributed by atoms with Crippen LogP contribution < -0.4 is 4.74 Å². The third-order valence-electron chi connectivity index (χ3n) is 1.71. The van der Waals surface area contributed by atoms with Crippen molar-refractivity contribution >= 4 is 28.8 Å². The molecular formula is C9H10INO2. The van der Waals surface area contributed by atoms with Gasteiger partial charge in [-0.05, 0) is 47.2 Å². The molecule has 0 spiro atoms. The molecule has 13 heavy (non-hydrogen) atoms. The Labute approximate surface area is 90.5 Å². The summed E-state index contributed by atoms with van der Waals surface area (Å²) < 4.78 is 6.18. The molecule has 1 rings (SSSR count).